The molecule has 0 aliphatic heterocycles. The number of carbonyl (C=O) groups excluding carboxylic acids is 1. The summed E-state index contributed by atoms with van der Waals surface area (Å²) in [5.41, 5.74) is 2.99. The van der Waals surface area contributed by atoms with Crippen molar-refractivity contribution in [2.24, 2.45) is 0 Å². The summed E-state index contributed by atoms with van der Waals surface area (Å²) in [6, 6.07) is 13.8. The number of aryl methyl sites for hydroxylation is 2. The van der Waals surface area contributed by atoms with Gasteiger partial charge in [0.25, 0.3) is 11.1 Å². The van der Waals surface area contributed by atoms with Gasteiger partial charge in [-0.2, -0.15) is 0 Å². The number of amides is 1. The Morgan fingerprint density at radius 1 is 1.18 bits per heavy atom. The fourth-order valence-electron chi connectivity index (χ4n) is 2.88. The van der Waals surface area contributed by atoms with E-state index in [4.69, 9.17) is 16.0 Å². The maximum atomic E-state index is 12.2. The van der Waals surface area contributed by atoms with E-state index in [1.54, 1.807) is 0 Å². The molecule has 1 amide bonds. The summed E-state index contributed by atoms with van der Waals surface area (Å²) in [5.74, 6) is 0.410. The van der Waals surface area contributed by atoms with Crippen molar-refractivity contribution in [2.45, 2.75) is 19.1 Å². The Morgan fingerprint density at radius 2 is 1.93 bits per heavy atom. The highest BCUT2D eigenvalue weighted by molar-refractivity contribution is 7.99. The molecule has 2 aromatic heterocycles. The first kappa shape index (κ1) is 19.0. The van der Waals surface area contributed by atoms with Crippen LogP contribution in [0.25, 0.3) is 20.9 Å². The van der Waals surface area contributed by atoms with E-state index in [0.29, 0.717) is 16.1 Å². The number of thiophene rings is 1. The molecule has 4 aromatic rings. The predicted octanol–water partition coefficient (Wildman–Crippen LogP) is 5.95. The number of carbonyl (C=O) groups is 1. The molecular weight excluding hydrogens is 414 g/mol. The average molecular weight is 430 g/mol. The quantitative estimate of drug-likeness (QED) is 0.397. The second kappa shape index (κ2) is 7.95. The molecule has 28 heavy (non-hydrogen) atoms. The first-order chi connectivity index (χ1) is 13.5. The van der Waals surface area contributed by atoms with Gasteiger partial charge in [-0.15, -0.1) is 21.5 Å². The summed E-state index contributed by atoms with van der Waals surface area (Å²) in [6.07, 6.45) is 0. The third-order valence-corrected chi connectivity index (χ3v) is 6.45. The van der Waals surface area contributed by atoms with Crippen molar-refractivity contribution in [2.75, 3.05) is 11.1 Å². The fraction of sp³-hybridized carbons (Fsp3) is 0.150. The number of aromatic nitrogens is 2. The molecule has 142 valence electrons. The first-order valence-corrected chi connectivity index (χ1v) is 10.7. The summed E-state index contributed by atoms with van der Waals surface area (Å²) in [4.78, 5) is 13.0. The van der Waals surface area contributed by atoms with Crippen molar-refractivity contribution in [1.29, 1.82) is 0 Å². The van der Waals surface area contributed by atoms with E-state index in [1.165, 1.54) is 23.1 Å². The van der Waals surface area contributed by atoms with E-state index < -0.39 is 0 Å². The number of nitrogens with one attached hydrogen (secondary N) is 1. The summed E-state index contributed by atoms with van der Waals surface area (Å²) in [6.45, 7) is 3.99. The molecule has 0 bridgehead atoms. The SMILES string of the molecule is Cc1cc(C)cc(NC(=O)CSc2nnc(-c3sc4ccccc4c3Cl)o2)c1. The average Bonchev–Trinajstić information content (AvgIpc) is 3.24. The lowest BCUT2D eigenvalue weighted by atomic mass is 10.1. The number of hydrogen-bond acceptors (Lipinski definition) is 6. The Labute approximate surface area is 175 Å². The van der Waals surface area contributed by atoms with E-state index >= 15 is 0 Å². The molecule has 8 heteroatoms. The van der Waals surface area contributed by atoms with Gasteiger partial charge >= 0.3 is 0 Å². The number of rotatable bonds is 5. The summed E-state index contributed by atoms with van der Waals surface area (Å²) in [5, 5.41) is 12.9. The van der Waals surface area contributed by atoms with Crippen molar-refractivity contribution in [3.05, 3.63) is 58.6 Å². The van der Waals surface area contributed by atoms with Crippen LogP contribution in [0.4, 0.5) is 5.69 Å². The van der Waals surface area contributed by atoms with Gasteiger partial charge in [0.1, 0.15) is 4.88 Å². The number of thioether (sulfide) groups is 1. The van der Waals surface area contributed by atoms with E-state index in [0.717, 1.165) is 31.8 Å². The Bertz CT molecular complexity index is 1150. The highest BCUT2D eigenvalue weighted by Crippen LogP contribution is 2.41. The molecule has 0 unspecified atom stereocenters. The highest BCUT2D eigenvalue weighted by atomic mass is 35.5. The van der Waals surface area contributed by atoms with Crippen LogP contribution < -0.4 is 5.32 Å². The Balaban J connectivity index is 1.43. The molecule has 5 nitrogen and oxygen atoms in total. The number of nitrogens with zero attached hydrogens (tertiary/aromatic N) is 2. The number of hydrogen-bond donors (Lipinski definition) is 1. The van der Waals surface area contributed by atoms with Gasteiger partial charge in [-0.1, -0.05) is 47.6 Å². The van der Waals surface area contributed by atoms with Crippen LogP contribution in [0.1, 0.15) is 11.1 Å². The highest BCUT2D eigenvalue weighted by Gasteiger charge is 2.18. The molecular formula is C20H16ClN3O2S2. The van der Waals surface area contributed by atoms with Crippen LogP contribution in [0.2, 0.25) is 5.02 Å². The smallest absolute Gasteiger partial charge is 0.277 e. The number of benzene rings is 2. The van der Waals surface area contributed by atoms with Crippen LogP contribution in [0.15, 0.2) is 52.1 Å². The largest absolute Gasteiger partial charge is 0.410 e. The first-order valence-electron chi connectivity index (χ1n) is 8.51. The molecule has 0 aliphatic rings. The number of anilines is 1. The zero-order valence-electron chi connectivity index (χ0n) is 15.2. The number of halogens is 1. The van der Waals surface area contributed by atoms with Crippen molar-refractivity contribution in [3.63, 3.8) is 0 Å². The molecule has 2 heterocycles. The molecule has 1 N–H and O–H groups in total. The van der Waals surface area contributed by atoms with Gasteiger partial charge < -0.3 is 9.73 Å². The van der Waals surface area contributed by atoms with Crippen LogP contribution in [0, 0.1) is 13.8 Å². The number of fused-ring (bicyclic) bond motifs is 1. The minimum absolute atomic E-state index is 0.130. The molecule has 0 atom stereocenters. The summed E-state index contributed by atoms with van der Waals surface area (Å²) >= 11 is 9.15. The van der Waals surface area contributed by atoms with Gasteiger partial charge in [-0.3, -0.25) is 4.79 Å². The van der Waals surface area contributed by atoms with Crippen LogP contribution in [0.5, 0.6) is 0 Å². The molecule has 0 radical (unpaired) electrons. The van der Waals surface area contributed by atoms with Crippen LogP contribution in [-0.4, -0.2) is 21.9 Å². The molecule has 0 aliphatic carbocycles. The third-order valence-electron chi connectivity index (χ3n) is 3.97. The maximum Gasteiger partial charge on any atom is 0.277 e. The second-order valence-corrected chi connectivity index (χ2v) is 8.68. The standard InChI is InChI=1S/C20H16ClN3O2S2/c1-11-7-12(2)9-13(8-11)22-16(25)10-27-20-24-23-19(26-20)18-17(21)14-5-3-4-6-15(14)28-18/h3-9H,10H2,1-2H3,(H,22,25). The lowest BCUT2D eigenvalue weighted by molar-refractivity contribution is -0.113. The Morgan fingerprint density at radius 3 is 2.68 bits per heavy atom. The summed E-state index contributed by atoms with van der Waals surface area (Å²) < 4.78 is 6.76. The molecule has 0 saturated heterocycles. The van der Waals surface area contributed by atoms with Gasteiger partial charge in [-0.05, 0) is 43.2 Å². The van der Waals surface area contributed by atoms with Crippen molar-refractivity contribution in [3.8, 4) is 10.8 Å². The Kier molecular flexibility index (Phi) is 5.39. The molecule has 4 rings (SSSR count). The lowest BCUT2D eigenvalue weighted by Crippen LogP contribution is -2.14. The second-order valence-electron chi connectivity index (χ2n) is 6.33. The zero-order chi connectivity index (χ0) is 19.7. The van der Waals surface area contributed by atoms with E-state index in [9.17, 15) is 4.79 Å². The molecule has 0 saturated carbocycles. The van der Waals surface area contributed by atoms with E-state index in [2.05, 4.69) is 21.6 Å². The van der Waals surface area contributed by atoms with Crippen LogP contribution >= 0.6 is 34.7 Å². The van der Waals surface area contributed by atoms with Crippen molar-refractivity contribution in [1.82, 2.24) is 10.2 Å². The van der Waals surface area contributed by atoms with Gasteiger partial charge in [0, 0.05) is 15.8 Å². The molecule has 0 fully saturated rings. The minimum atomic E-state index is -0.130. The zero-order valence-corrected chi connectivity index (χ0v) is 17.5. The van der Waals surface area contributed by atoms with E-state index in [-0.39, 0.29) is 11.7 Å². The summed E-state index contributed by atoms with van der Waals surface area (Å²) in [7, 11) is 0. The van der Waals surface area contributed by atoms with Gasteiger partial charge in [0.2, 0.25) is 5.91 Å². The van der Waals surface area contributed by atoms with Crippen molar-refractivity contribution >= 4 is 56.4 Å². The molecule has 0 spiro atoms. The van der Waals surface area contributed by atoms with Gasteiger partial charge in [-0.25, -0.2) is 0 Å². The topological polar surface area (TPSA) is 68.0 Å². The van der Waals surface area contributed by atoms with Crippen molar-refractivity contribution < 1.29 is 9.21 Å². The fourth-order valence-corrected chi connectivity index (χ4v) is 4.88. The van der Waals surface area contributed by atoms with E-state index in [1.807, 2.05) is 50.2 Å². The van der Waals surface area contributed by atoms with Gasteiger partial charge in [0.05, 0.1) is 10.8 Å². The lowest BCUT2D eigenvalue weighted by Gasteiger charge is -2.06. The third kappa shape index (κ3) is 4.06. The van der Waals surface area contributed by atoms with Crippen LogP contribution in [-0.2, 0) is 4.79 Å². The van der Waals surface area contributed by atoms with Crippen LogP contribution in [0.3, 0.4) is 0 Å². The Hall–Kier alpha value is -2.35. The van der Waals surface area contributed by atoms with Gasteiger partial charge in [0.15, 0.2) is 0 Å². The maximum absolute atomic E-state index is 12.2. The monoisotopic (exact) mass is 429 g/mol. The molecule has 2 aromatic carbocycles. The normalized spacial score (nSPS) is 11.1. The minimum Gasteiger partial charge on any atom is -0.410 e. The predicted molar refractivity (Wildman–Crippen MR) is 115 cm³/mol.